The van der Waals surface area contributed by atoms with Crippen molar-refractivity contribution in [3.05, 3.63) is 35.7 Å². The summed E-state index contributed by atoms with van der Waals surface area (Å²) in [6.07, 6.45) is 0.422. The maximum Gasteiger partial charge on any atom is 0.405 e. The van der Waals surface area contributed by atoms with E-state index in [1.807, 2.05) is 19.2 Å². The minimum Gasteiger partial charge on any atom is -0.345 e. The molecule has 3 aromatic heterocycles. The first-order valence-corrected chi connectivity index (χ1v) is 11.7. The van der Waals surface area contributed by atoms with Crippen LogP contribution in [-0.4, -0.2) is 75.0 Å². The van der Waals surface area contributed by atoms with Crippen molar-refractivity contribution in [2.24, 2.45) is 5.92 Å². The van der Waals surface area contributed by atoms with Crippen LogP contribution in [0.5, 0.6) is 0 Å². The minimum absolute atomic E-state index is 0. The second-order valence-electron chi connectivity index (χ2n) is 8.97. The van der Waals surface area contributed by atoms with Gasteiger partial charge in [-0.25, -0.2) is 15.0 Å². The Labute approximate surface area is 213 Å². The van der Waals surface area contributed by atoms with Crippen LogP contribution < -0.4 is 10.2 Å². The van der Waals surface area contributed by atoms with E-state index in [-0.39, 0.29) is 34.2 Å². The zero-order valence-corrected chi connectivity index (χ0v) is 20.4. The Kier molecular flexibility index (Phi) is 7.34. The van der Waals surface area contributed by atoms with Gasteiger partial charge in [0.25, 0.3) is 0 Å². The number of carbonyl (C=O) groups excluding carboxylic acids is 2. The molecule has 1 atom stereocenters. The van der Waals surface area contributed by atoms with Crippen LogP contribution in [0.25, 0.3) is 22.4 Å². The van der Waals surface area contributed by atoms with Crippen molar-refractivity contribution >= 4 is 40.3 Å². The molecule has 0 bridgehead atoms. The molecule has 36 heavy (non-hydrogen) atoms. The number of nitrogens with zero attached hydrogens (tertiary/aromatic N) is 5. The summed E-state index contributed by atoms with van der Waals surface area (Å²) in [5.74, 6) is -0.193. The predicted octanol–water partition coefficient (Wildman–Crippen LogP) is 3.91. The van der Waals surface area contributed by atoms with Crippen LogP contribution in [0.3, 0.4) is 0 Å². The van der Waals surface area contributed by atoms with Gasteiger partial charge in [-0.2, -0.15) is 13.2 Å². The molecule has 0 aliphatic carbocycles. The van der Waals surface area contributed by atoms with Gasteiger partial charge in [-0.05, 0) is 18.1 Å². The van der Waals surface area contributed by atoms with Crippen LogP contribution >= 0.6 is 11.6 Å². The van der Waals surface area contributed by atoms with Gasteiger partial charge in [-0.3, -0.25) is 9.59 Å². The quantitative estimate of drug-likeness (QED) is 0.503. The molecule has 1 saturated heterocycles. The lowest BCUT2D eigenvalue weighted by Crippen LogP contribution is -2.61. The minimum atomic E-state index is -4.56. The molecule has 1 aliphatic heterocycles. The van der Waals surface area contributed by atoms with E-state index in [0.29, 0.717) is 39.8 Å². The number of hydrogen-bond donors (Lipinski definition) is 2. The number of nitrogens with one attached hydrogen (secondary N) is 2. The highest BCUT2D eigenvalue weighted by atomic mass is 35.5. The van der Waals surface area contributed by atoms with Gasteiger partial charge < -0.3 is 20.1 Å². The second-order valence-corrected chi connectivity index (χ2v) is 9.41. The smallest absolute Gasteiger partial charge is 0.345 e. The molecular formula is C23H29ClF3N7O2. The zero-order valence-electron chi connectivity index (χ0n) is 19.6. The lowest BCUT2D eigenvalue weighted by atomic mass is 10.1. The Morgan fingerprint density at radius 1 is 1.31 bits per heavy atom. The fourth-order valence-electron chi connectivity index (χ4n) is 4.09. The van der Waals surface area contributed by atoms with Gasteiger partial charge in [-0.1, -0.05) is 25.4 Å². The van der Waals surface area contributed by atoms with E-state index in [0.717, 1.165) is 0 Å². The Hall–Kier alpha value is -3.41. The lowest BCUT2D eigenvalue weighted by molar-refractivity contribution is -0.141. The highest BCUT2D eigenvalue weighted by molar-refractivity contribution is 6.31. The van der Waals surface area contributed by atoms with Gasteiger partial charge in [0.2, 0.25) is 11.8 Å². The number of hydrogen-bond acceptors (Lipinski definition) is 6. The highest BCUT2D eigenvalue weighted by Gasteiger charge is 2.37. The topological polar surface area (TPSA) is 107 Å². The van der Waals surface area contributed by atoms with Gasteiger partial charge in [0, 0.05) is 51.9 Å². The van der Waals surface area contributed by atoms with Crippen molar-refractivity contribution in [1.82, 2.24) is 30.2 Å². The predicted molar refractivity (Wildman–Crippen MR) is 133 cm³/mol. The summed E-state index contributed by atoms with van der Waals surface area (Å²) in [5, 5.41) is 3.08. The molecule has 2 amide bonds. The maximum absolute atomic E-state index is 12.9. The average Bonchev–Trinajstić information content (AvgIpc) is 3.24. The van der Waals surface area contributed by atoms with Crippen molar-refractivity contribution in [2.75, 3.05) is 31.1 Å². The summed E-state index contributed by atoms with van der Waals surface area (Å²) in [4.78, 5) is 44.8. The van der Waals surface area contributed by atoms with Crippen LogP contribution in [-0.2, 0) is 9.59 Å². The first-order valence-electron chi connectivity index (χ1n) is 11.4. The van der Waals surface area contributed by atoms with Crippen LogP contribution in [0.4, 0.5) is 19.0 Å². The number of H-pyrrole nitrogens is 1. The number of pyridine rings is 1. The van der Waals surface area contributed by atoms with Crippen LogP contribution in [0.2, 0.25) is 5.02 Å². The summed E-state index contributed by atoms with van der Waals surface area (Å²) < 4.78 is 38.4. The molecule has 0 saturated carbocycles. The van der Waals surface area contributed by atoms with Gasteiger partial charge in [0.1, 0.15) is 24.1 Å². The highest BCUT2D eigenvalue weighted by Crippen LogP contribution is 2.29. The lowest BCUT2D eigenvalue weighted by Gasteiger charge is -2.41. The Balaban J connectivity index is 0.00000253. The molecule has 0 spiro atoms. The standard InChI is InChI=1S/C23H25ClF3N7O2.2H2/c1-13(2)7-19(35)33-5-6-34(17(11-33)22(36)31-12-23(25,26)27)18-3-4-28-21(32-18)16-10-30-20-15(16)8-14(24)9-29-20;;/h3-4,8-10,13,17H,5-7,11-12H2,1-2H3,(H,29,30)(H,31,36);2*1H/t17-;;/m1../s1. The number of carbonyl (C=O) groups is 2. The van der Waals surface area contributed by atoms with Crippen molar-refractivity contribution in [2.45, 2.75) is 32.5 Å². The SMILES string of the molecule is CC(C)CC(=O)N1CCN(c2ccnc(-c3c[nH]c4ncc(Cl)cc34)n2)[C@@H](C(=O)NCC(F)(F)F)C1.[HH].[HH]. The fourth-order valence-corrected chi connectivity index (χ4v) is 4.25. The zero-order chi connectivity index (χ0) is 26.0. The summed E-state index contributed by atoms with van der Waals surface area (Å²) >= 11 is 6.09. The van der Waals surface area contributed by atoms with Crippen molar-refractivity contribution in [3.63, 3.8) is 0 Å². The largest absolute Gasteiger partial charge is 0.405 e. The third-order valence-electron chi connectivity index (χ3n) is 5.76. The number of halogens is 4. The molecule has 1 aliphatic rings. The Morgan fingerprint density at radius 3 is 2.81 bits per heavy atom. The summed E-state index contributed by atoms with van der Waals surface area (Å²) in [5.41, 5.74) is 1.22. The first-order chi connectivity index (χ1) is 17.0. The normalized spacial score (nSPS) is 16.6. The average molecular weight is 528 g/mol. The van der Waals surface area contributed by atoms with Gasteiger partial charge >= 0.3 is 6.18 Å². The molecular weight excluding hydrogens is 499 g/mol. The molecule has 196 valence electrons. The van der Waals surface area contributed by atoms with Gasteiger partial charge in [0.05, 0.1) is 11.6 Å². The first kappa shape index (κ1) is 25.7. The number of aromatic nitrogens is 4. The number of amides is 2. The molecule has 13 heteroatoms. The van der Waals surface area contributed by atoms with E-state index in [2.05, 4.69) is 19.9 Å². The maximum atomic E-state index is 12.9. The molecule has 2 N–H and O–H groups in total. The van der Waals surface area contributed by atoms with Crippen LogP contribution in [0, 0.1) is 5.92 Å². The van der Waals surface area contributed by atoms with E-state index in [1.54, 1.807) is 23.2 Å². The van der Waals surface area contributed by atoms with E-state index in [1.165, 1.54) is 17.3 Å². The van der Waals surface area contributed by atoms with E-state index >= 15 is 0 Å². The second kappa shape index (κ2) is 10.3. The summed E-state index contributed by atoms with van der Waals surface area (Å²) in [7, 11) is 0. The molecule has 0 unspecified atom stereocenters. The van der Waals surface area contributed by atoms with Crippen LogP contribution in [0.1, 0.15) is 23.1 Å². The molecule has 1 fully saturated rings. The summed E-state index contributed by atoms with van der Waals surface area (Å²) in [6, 6.07) is 2.25. The molecule has 9 nitrogen and oxygen atoms in total. The molecule has 3 aromatic rings. The number of piperazine rings is 1. The molecule has 4 heterocycles. The third-order valence-corrected chi connectivity index (χ3v) is 5.96. The Bertz CT molecular complexity index is 1280. The van der Waals surface area contributed by atoms with Gasteiger partial charge in [0.15, 0.2) is 5.82 Å². The number of rotatable bonds is 6. The van der Waals surface area contributed by atoms with Crippen LogP contribution in [0.15, 0.2) is 30.7 Å². The molecule has 0 aromatic carbocycles. The number of alkyl halides is 3. The van der Waals surface area contributed by atoms with E-state index in [4.69, 9.17) is 11.6 Å². The molecule has 4 rings (SSSR count). The van der Waals surface area contributed by atoms with Crippen molar-refractivity contribution < 1.29 is 25.6 Å². The Morgan fingerprint density at radius 2 is 2.08 bits per heavy atom. The number of fused-ring (bicyclic) bond motifs is 1. The fraction of sp³-hybridized carbons (Fsp3) is 0.435. The number of anilines is 1. The van der Waals surface area contributed by atoms with Crippen molar-refractivity contribution in [1.29, 1.82) is 0 Å². The third kappa shape index (κ3) is 5.86. The molecule has 0 radical (unpaired) electrons. The van der Waals surface area contributed by atoms with Crippen molar-refractivity contribution in [3.8, 4) is 11.4 Å². The number of aromatic amines is 1. The monoisotopic (exact) mass is 527 g/mol. The van der Waals surface area contributed by atoms with Gasteiger partial charge in [-0.15, -0.1) is 0 Å². The van der Waals surface area contributed by atoms with E-state index < -0.39 is 24.7 Å². The van der Waals surface area contributed by atoms with E-state index in [9.17, 15) is 22.8 Å². The summed E-state index contributed by atoms with van der Waals surface area (Å²) in [6.45, 7) is 2.80.